The largest absolute Gasteiger partial charge is 0.477 e. The SMILES string of the molecule is C[C@@H](NC(=O)Cn1nnc(N)n1)[C@H]1C(=O)N2C(C(=O)O)=C(SC3CNC(C(=O)N4CCC(N)C4)C3)[C@H](C)[C@H]12. The maximum atomic E-state index is 13.1. The van der Waals surface area contributed by atoms with Gasteiger partial charge in [0.15, 0.2) is 0 Å². The Kier molecular flexibility index (Phi) is 7.04. The van der Waals surface area contributed by atoms with E-state index in [1.807, 2.05) is 6.92 Å². The molecule has 3 amide bonds. The first kappa shape index (κ1) is 26.4. The van der Waals surface area contributed by atoms with Crippen LogP contribution >= 0.6 is 11.8 Å². The Morgan fingerprint density at radius 2 is 2.11 bits per heavy atom. The van der Waals surface area contributed by atoms with Gasteiger partial charge in [-0.05, 0) is 25.0 Å². The summed E-state index contributed by atoms with van der Waals surface area (Å²) in [4.78, 5) is 55.5. The Hall–Kier alpha value is -3.24. The molecule has 15 nitrogen and oxygen atoms in total. The minimum absolute atomic E-state index is 0.00476. The fourth-order valence-electron chi connectivity index (χ4n) is 5.91. The molecule has 3 fully saturated rings. The number of carboxylic acid groups (broad SMARTS) is 1. The standard InChI is InChI=1S/C22H32N10O5S/c1-9-16-15(10(2)26-14(33)8-31-28-22(24)27-29-31)20(35)32(16)17(21(36)37)18(9)38-12-5-13(25-6-12)19(34)30-4-3-11(23)7-30/h9-13,15-16,25H,3-8,23H2,1-2H3,(H2,24,28)(H,26,33)(H,36,37)/t9-,10-,11?,12?,13?,15-,16-/m1/s1. The second-order valence-electron chi connectivity index (χ2n) is 10.3. The second kappa shape index (κ2) is 10.1. The molecule has 1 aromatic heterocycles. The summed E-state index contributed by atoms with van der Waals surface area (Å²) in [6.45, 7) is 5.18. The predicted octanol–water partition coefficient (Wildman–Crippen LogP) is -2.44. The van der Waals surface area contributed by atoms with E-state index in [1.54, 1.807) is 11.8 Å². The molecule has 0 spiro atoms. The molecule has 3 unspecified atom stereocenters. The van der Waals surface area contributed by atoms with Crippen molar-refractivity contribution in [2.45, 2.75) is 62.7 Å². The molecule has 4 aliphatic rings. The topological polar surface area (TPSA) is 215 Å². The third-order valence-electron chi connectivity index (χ3n) is 7.69. The molecule has 38 heavy (non-hydrogen) atoms. The van der Waals surface area contributed by atoms with Crippen molar-refractivity contribution in [1.29, 1.82) is 0 Å². The minimum Gasteiger partial charge on any atom is -0.477 e. The Labute approximate surface area is 222 Å². The van der Waals surface area contributed by atoms with Crippen molar-refractivity contribution in [1.82, 2.24) is 40.6 Å². The number of fused-ring (bicyclic) bond motifs is 1. The number of hydrogen-bond acceptors (Lipinski definition) is 11. The Morgan fingerprint density at radius 1 is 1.34 bits per heavy atom. The van der Waals surface area contributed by atoms with Crippen LogP contribution in [0.2, 0.25) is 0 Å². The van der Waals surface area contributed by atoms with Crippen LogP contribution < -0.4 is 22.1 Å². The van der Waals surface area contributed by atoms with Crippen molar-refractivity contribution in [3.63, 3.8) is 0 Å². The summed E-state index contributed by atoms with van der Waals surface area (Å²) in [5.74, 6) is -2.76. The summed E-state index contributed by atoms with van der Waals surface area (Å²) in [6.07, 6.45) is 1.36. The molecule has 0 radical (unpaired) electrons. The van der Waals surface area contributed by atoms with Crippen LogP contribution in [0.5, 0.6) is 0 Å². The van der Waals surface area contributed by atoms with Crippen molar-refractivity contribution in [2.75, 3.05) is 25.4 Å². The Bertz CT molecular complexity index is 1190. The highest BCUT2D eigenvalue weighted by molar-refractivity contribution is 8.03. The van der Waals surface area contributed by atoms with E-state index in [0.717, 1.165) is 11.2 Å². The number of anilines is 1. The van der Waals surface area contributed by atoms with E-state index in [0.29, 0.717) is 31.0 Å². The van der Waals surface area contributed by atoms with Gasteiger partial charge in [0.2, 0.25) is 17.7 Å². The van der Waals surface area contributed by atoms with Crippen molar-refractivity contribution >= 4 is 41.4 Å². The van der Waals surface area contributed by atoms with Crippen LogP contribution in [0.15, 0.2) is 10.6 Å². The molecular weight excluding hydrogens is 516 g/mol. The minimum atomic E-state index is -1.16. The smallest absolute Gasteiger partial charge is 0.353 e. The van der Waals surface area contributed by atoms with Gasteiger partial charge in [-0.15, -0.1) is 16.9 Å². The number of carbonyl (C=O) groups excluding carboxylic acids is 3. The molecule has 7 N–H and O–H groups in total. The first-order valence-electron chi connectivity index (χ1n) is 12.6. The average molecular weight is 549 g/mol. The zero-order valence-corrected chi connectivity index (χ0v) is 21.9. The molecular formula is C22H32N10O5S. The molecule has 3 saturated heterocycles. The lowest BCUT2D eigenvalue weighted by atomic mass is 9.78. The van der Waals surface area contributed by atoms with Crippen LogP contribution in [-0.2, 0) is 25.7 Å². The summed E-state index contributed by atoms with van der Waals surface area (Å²) < 4.78 is 0. The van der Waals surface area contributed by atoms with E-state index in [9.17, 15) is 24.3 Å². The lowest BCUT2D eigenvalue weighted by Crippen LogP contribution is -2.66. The van der Waals surface area contributed by atoms with Crippen molar-refractivity contribution in [2.24, 2.45) is 17.6 Å². The molecule has 16 heteroatoms. The summed E-state index contributed by atoms with van der Waals surface area (Å²) in [5, 5.41) is 27.0. The number of carboxylic acids is 1. The predicted molar refractivity (Wildman–Crippen MR) is 135 cm³/mol. The highest BCUT2D eigenvalue weighted by Crippen LogP contribution is 2.51. The van der Waals surface area contributed by atoms with Gasteiger partial charge in [-0.3, -0.25) is 14.4 Å². The quantitative estimate of drug-likeness (QED) is 0.214. The molecule has 5 heterocycles. The molecule has 206 valence electrons. The molecule has 0 bridgehead atoms. The van der Waals surface area contributed by atoms with Crippen molar-refractivity contribution < 1.29 is 24.3 Å². The second-order valence-corrected chi connectivity index (χ2v) is 11.7. The van der Waals surface area contributed by atoms with Crippen LogP contribution in [0.1, 0.15) is 26.7 Å². The van der Waals surface area contributed by atoms with E-state index >= 15 is 0 Å². The number of rotatable bonds is 8. The van der Waals surface area contributed by atoms with E-state index in [1.165, 1.54) is 16.7 Å². The van der Waals surface area contributed by atoms with Gasteiger partial charge in [-0.25, -0.2) is 4.79 Å². The molecule has 1 aromatic rings. The molecule has 7 atom stereocenters. The van der Waals surface area contributed by atoms with Gasteiger partial charge in [-0.2, -0.15) is 4.80 Å². The highest BCUT2D eigenvalue weighted by Gasteiger charge is 2.60. The number of nitrogens with two attached hydrogens (primary N) is 2. The number of tetrazole rings is 1. The number of aliphatic carboxylic acids is 1. The molecule has 5 rings (SSSR count). The number of carbonyl (C=O) groups is 4. The van der Waals surface area contributed by atoms with Crippen LogP contribution in [0.3, 0.4) is 0 Å². The van der Waals surface area contributed by atoms with E-state index < -0.39 is 23.8 Å². The van der Waals surface area contributed by atoms with Gasteiger partial charge < -0.3 is 37.0 Å². The zero-order valence-electron chi connectivity index (χ0n) is 21.1. The van der Waals surface area contributed by atoms with Gasteiger partial charge in [0.25, 0.3) is 5.95 Å². The summed E-state index contributed by atoms with van der Waals surface area (Å²) >= 11 is 1.43. The van der Waals surface area contributed by atoms with E-state index in [4.69, 9.17) is 11.5 Å². The molecule has 0 aliphatic carbocycles. The van der Waals surface area contributed by atoms with Crippen LogP contribution in [-0.4, -0.2) is 108 Å². The van der Waals surface area contributed by atoms with Gasteiger partial charge in [0, 0.05) is 47.8 Å². The number of amides is 3. The Balaban J connectivity index is 1.23. The fourth-order valence-corrected chi connectivity index (χ4v) is 7.38. The number of nitrogens with one attached hydrogen (secondary N) is 2. The monoisotopic (exact) mass is 548 g/mol. The van der Waals surface area contributed by atoms with Crippen LogP contribution in [0, 0.1) is 11.8 Å². The third kappa shape index (κ3) is 4.71. The van der Waals surface area contributed by atoms with Crippen LogP contribution in [0.4, 0.5) is 5.95 Å². The number of hydrogen-bond donors (Lipinski definition) is 5. The lowest BCUT2D eigenvalue weighted by molar-refractivity contribution is -0.158. The Morgan fingerprint density at radius 3 is 2.74 bits per heavy atom. The average Bonchev–Trinajstić information content (AvgIpc) is 3.62. The fraction of sp³-hybridized carbons (Fsp3) is 0.682. The maximum Gasteiger partial charge on any atom is 0.353 e. The first-order valence-corrected chi connectivity index (χ1v) is 13.5. The summed E-state index contributed by atoms with van der Waals surface area (Å²) in [6, 6.07) is -1.25. The number of thioether (sulfide) groups is 1. The van der Waals surface area contributed by atoms with Gasteiger partial charge in [-0.1, -0.05) is 12.0 Å². The van der Waals surface area contributed by atoms with E-state index in [-0.39, 0.29) is 59.3 Å². The maximum absolute atomic E-state index is 13.1. The zero-order chi connectivity index (χ0) is 27.3. The number of likely N-dealkylation sites (tertiary alicyclic amines) is 1. The molecule has 4 aliphatic heterocycles. The van der Waals surface area contributed by atoms with Gasteiger partial charge >= 0.3 is 5.97 Å². The summed E-state index contributed by atoms with van der Waals surface area (Å²) in [7, 11) is 0. The van der Waals surface area contributed by atoms with E-state index in [2.05, 4.69) is 26.0 Å². The molecule has 0 saturated carbocycles. The molecule has 0 aromatic carbocycles. The van der Waals surface area contributed by atoms with Gasteiger partial charge in [0.1, 0.15) is 12.2 Å². The van der Waals surface area contributed by atoms with Crippen LogP contribution in [0.25, 0.3) is 0 Å². The summed E-state index contributed by atoms with van der Waals surface area (Å²) in [5.41, 5.74) is 11.4. The van der Waals surface area contributed by atoms with Gasteiger partial charge in [0.05, 0.1) is 18.0 Å². The number of β-lactam (4-membered cyclic amide) rings is 1. The normalized spacial score (nSPS) is 31.4. The number of nitrogens with zero attached hydrogens (tertiary/aromatic N) is 6. The highest BCUT2D eigenvalue weighted by atomic mass is 32.2. The first-order chi connectivity index (χ1) is 18.0. The van der Waals surface area contributed by atoms with Crippen molar-refractivity contribution in [3.05, 3.63) is 10.6 Å². The lowest BCUT2D eigenvalue weighted by Gasteiger charge is -2.47. The van der Waals surface area contributed by atoms with Crippen molar-refractivity contribution in [3.8, 4) is 0 Å². The third-order valence-corrected chi connectivity index (χ3v) is 9.20. The number of aromatic nitrogens is 4. The number of nitrogen functional groups attached to an aromatic ring is 1.